The summed E-state index contributed by atoms with van der Waals surface area (Å²) in [6.45, 7) is 7.60. The second-order valence-electron chi connectivity index (χ2n) is 5.39. The van der Waals surface area contributed by atoms with E-state index in [0.717, 1.165) is 39.0 Å². The minimum atomic E-state index is 0. The molecule has 0 radical (unpaired) electrons. The number of nitrogens with zero attached hydrogens (tertiary/aromatic N) is 2. The molecule has 0 spiro atoms. The van der Waals surface area contributed by atoms with Gasteiger partial charge in [-0.3, -0.25) is 9.59 Å². The van der Waals surface area contributed by atoms with Crippen LogP contribution in [0.15, 0.2) is 0 Å². The zero-order valence-electron chi connectivity index (χ0n) is 11.7. The third kappa shape index (κ3) is 3.83. The second kappa shape index (κ2) is 7.10. The Bertz CT molecular complexity index is 338. The van der Waals surface area contributed by atoms with Crippen LogP contribution in [0.3, 0.4) is 0 Å². The first-order valence-corrected chi connectivity index (χ1v) is 6.86. The normalized spacial score (nSPS) is 27.7. The average Bonchev–Trinajstić information content (AvgIpc) is 2.38. The minimum absolute atomic E-state index is 0. The van der Waals surface area contributed by atoms with Crippen molar-refractivity contribution in [2.45, 2.75) is 32.7 Å². The number of amides is 2. The maximum atomic E-state index is 12.5. The van der Waals surface area contributed by atoms with Crippen molar-refractivity contribution in [1.82, 2.24) is 15.1 Å². The molecular weight excluding hydrogens is 266 g/mol. The molecule has 2 amide bonds. The lowest BCUT2D eigenvalue weighted by molar-refractivity contribution is -0.142. The van der Waals surface area contributed by atoms with Crippen molar-refractivity contribution >= 4 is 24.2 Å². The first-order chi connectivity index (χ1) is 8.59. The van der Waals surface area contributed by atoms with Gasteiger partial charge < -0.3 is 15.1 Å². The van der Waals surface area contributed by atoms with Crippen LogP contribution in [0.25, 0.3) is 0 Å². The lowest BCUT2D eigenvalue weighted by Crippen LogP contribution is -2.55. The largest absolute Gasteiger partial charge is 0.342 e. The molecule has 0 aromatic carbocycles. The first kappa shape index (κ1) is 16.2. The molecule has 2 aliphatic heterocycles. The van der Waals surface area contributed by atoms with E-state index in [1.165, 1.54) is 0 Å². The van der Waals surface area contributed by atoms with Crippen LogP contribution < -0.4 is 5.32 Å². The zero-order chi connectivity index (χ0) is 13.1. The number of rotatable bonds is 1. The summed E-state index contributed by atoms with van der Waals surface area (Å²) < 4.78 is 0. The molecule has 2 aliphatic rings. The summed E-state index contributed by atoms with van der Waals surface area (Å²) >= 11 is 0. The lowest BCUT2D eigenvalue weighted by Gasteiger charge is -2.39. The molecular formula is C13H24ClN3O2. The molecule has 0 aliphatic carbocycles. The summed E-state index contributed by atoms with van der Waals surface area (Å²) in [7, 11) is 0. The van der Waals surface area contributed by atoms with Gasteiger partial charge in [0.25, 0.3) is 0 Å². The fourth-order valence-corrected chi connectivity index (χ4v) is 2.87. The number of nitrogens with one attached hydrogen (secondary N) is 1. The van der Waals surface area contributed by atoms with E-state index in [9.17, 15) is 9.59 Å². The van der Waals surface area contributed by atoms with Crippen LogP contribution in [0.5, 0.6) is 0 Å². The first-order valence-electron chi connectivity index (χ1n) is 6.86. The Morgan fingerprint density at radius 2 is 2.00 bits per heavy atom. The van der Waals surface area contributed by atoms with E-state index in [4.69, 9.17) is 0 Å². The molecule has 1 unspecified atom stereocenters. The van der Waals surface area contributed by atoms with Crippen molar-refractivity contribution < 1.29 is 9.59 Å². The fraction of sp³-hybridized carbons (Fsp3) is 0.846. The maximum absolute atomic E-state index is 12.5. The minimum Gasteiger partial charge on any atom is -0.342 e. The number of piperazine rings is 1. The summed E-state index contributed by atoms with van der Waals surface area (Å²) in [4.78, 5) is 27.7. The zero-order valence-corrected chi connectivity index (χ0v) is 12.5. The summed E-state index contributed by atoms with van der Waals surface area (Å²) in [5.41, 5.74) is 0. The van der Waals surface area contributed by atoms with Crippen LogP contribution in [0.2, 0.25) is 0 Å². The highest BCUT2D eigenvalue weighted by atomic mass is 35.5. The number of piperidine rings is 1. The summed E-state index contributed by atoms with van der Waals surface area (Å²) in [5, 5.41) is 3.29. The standard InChI is InChI=1S/C13H23N3O2.ClH/c1-10-8-14-5-7-16(10)13(18)12-4-3-6-15(9-12)11(2)17;/h10,12,14H,3-9H2,1-2H3;1H/t10-,12?;/m0./s1. The van der Waals surface area contributed by atoms with Crippen LogP contribution in [-0.4, -0.2) is 60.4 Å². The molecule has 19 heavy (non-hydrogen) atoms. The number of hydrogen-bond donors (Lipinski definition) is 1. The molecule has 2 heterocycles. The van der Waals surface area contributed by atoms with E-state index in [1.54, 1.807) is 11.8 Å². The quantitative estimate of drug-likeness (QED) is 0.764. The topological polar surface area (TPSA) is 52.7 Å². The van der Waals surface area contributed by atoms with Gasteiger partial charge in [-0.25, -0.2) is 0 Å². The predicted octanol–water partition coefficient (Wildman–Crippen LogP) is 0.487. The Morgan fingerprint density at radius 3 is 2.63 bits per heavy atom. The molecule has 2 atom stereocenters. The van der Waals surface area contributed by atoms with E-state index in [2.05, 4.69) is 12.2 Å². The van der Waals surface area contributed by atoms with E-state index >= 15 is 0 Å². The van der Waals surface area contributed by atoms with Crippen LogP contribution in [0.1, 0.15) is 26.7 Å². The molecule has 2 rings (SSSR count). The number of likely N-dealkylation sites (tertiary alicyclic amines) is 1. The van der Waals surface area contributed by atoms with Crippen molar-refractivity contribution in [1.29, 1.82) is 0 Å². The molecule has 1 N–H and O–H groups in total. The average molecular weight is 290 g/mol. The van der Waals surface area contributed by atoms with Gasteiger partial charge in [-0.15, -0.1) is 12.4 Å². The molecule has 5 nitrogen and oxygen atoms in total. The summed E-state index contributed by atoms with van der Waals surface area (Å²) in [5.74, 6) is 0.319. The van der Waals surface area contributed by atoms with E-state index in [-0.39, 0.29) is 36.2 Å². The van der Waals surface area contributed by atoms with Crippen molar-refractivity contribution in [2.24, 2.45) is 5.92 Å². The lowest BCUT2D eigenvalue weighted by atomic mass is 9.95. The maximum Gasteiger partial charge on any atom is 0.227 e. The summed E-state index contributed by atoms with van der Waals surface area (Å²) in [6, 6.07) is 0.263. The van der Waals surface area contributed by atoms with Crippen LogP contribution in [-0.2, 0) is 9.59 Å². The highest BCUT2D eigenvalue weighted by Crippen LogP contribution is 2.20. The highest BCUT2D eigenvalue weighted by Gasteiger charge is 2.32. The van der Waals surface area contributed by atoms with Gasteiger partial charge in [0, 0.05) is 45.7 Å². The highest BCUT2D eigenvalue weighted by molar-refractivity contribution is 5.85. The molecule has 110 valence electrons. The SMILES string of the molecule is CC(=O)N1CCCC(C(=O)N2CCNC[C@@H]2C)C1.Cl. The molecule has 0 saturated carbocycles. The van der Waals surface area contributed by atoms with Crippen LogP contribution in [0, 0.1) is 5.92 Å². The van der Waals surface area contributed by atoms with E-state index in [1.807, 2.05) is 4.90 Å². The molecule has 0 aromatic rings. The second-order valence-corrected chi connectivity index (χ2v) is 5.39. The van der Waals surface area contributed by atoms with Gasteiger partial charge >= 0.3 is 0 Å². The third-order valence-electron chi connectivity index (χ3n) is 4.00. The van der Waals surface area contributed by atoms with E-state index < -0.39 is 0 Å². The summed E-state index contributed by atoms with van der Waals surface area (Å²) in [6.07, 6.45) is 1.86. The molecule has 0 aromatic heterocycles. The monoisotopic (exact) mass is 289 g/mol. The van der Waals surface area contributed by atoms with Crippen molar-refractivity contribution in [3.63, 3.8) is 0 Å². The number of hydrogen-bond acceptors (Lipinski definition) is 3. The molecule has 2 fully saturated rings. The van der Waals surface area contributed by atoms with Gasteiger partial charge in [0.15, 0.2) is 0 Å². The van der Waals surface area contributed by atoms with Crippen molar-refractivity contribution in [3.8, 4) is 0 Å². The van der Waals surface area contributed by atoms with Gasteiger partial charge in [0.2, 0.25) is 11.8 Å². The Hall–Kier alpha value is -0.810. The molecule has 0 bridgehead atoms. The van der Waals surface area contributed by atoms with Gasteiger partial charge in [0.1, 0.15) is 0 Å². The van der Waals surface area contributed by atoms with Crippen LogP contribution in [0.4, 0.5) is 0 Å². The Balaban J connectivity index is 0.00000180. The molecule has 6 heteroatoms. The smallest absolute Gasteiger partial charge is 0.227 e. The fourth-order valence-electron chi connectivity index (χ4n) is 2.87. The number of carbonyl (C=O) groups is 2. The predicted molar refractivity (Wildman–Crippen MR) is 76.3 cm³/mol. The van der Waals surface area contributed by atoms with E-state index in [0.29, 0.717) is 6.54 Å². The Kier molecular flexibility index (Phi) is 6.07. The van der Waals surface area contributed by atoms with Crippen molar-refractivity contribution in [3.05, 3.63) is 0 Å². The Labute approximate surface area is 121 Å². The Morgan fingerprint density at radius 1 is 1.26 bits per heavy atom. The number of halogens is 1. The van der Waals surface area contributed by atoms with Crippen LogP contribution >= 0.6 is 12.4 Å². The third-order valence-corrected chi connectivity index (χ3v) is 4.00. The number of carbonyl (C=O) groups excluding carboxylic acids is 2. The van der Waals surface area contributed by atoms with Crippen molar-refractivity contribution in [2.75, 3.05) is 32.7 Å². The van der Waals surface area contributed by atoms with Gasteiger partial charge in [-0.2, -0.15) is 0 Å². The molecule has 2 saturated heterocycles. The van der Waals surface area contributed by atoms with Gasteiger partial charge in [-0.05, 0) is 19.8 Å². The van der Waals surface area contributed by atoms with Gasteiger partial charge in [-0.1, -0.05) is 0 Å². The van der Waals surface area contributed by atoms with Gasteiger partial charge in [0.05, 0.1) is 5.92 Å².